The highest BCUT2D eigenvalue weighted by atomic mass is 16.5. The zero-order chi connectivity index (χ0) is 22.3. The van der Waals surface area contributed by atoms with E-state index >= 15 is 0 Å². The Labute approximate surface area is 180 Å². The van der Waals surface area contributed by atoms with Gasteiger partial charge in [-0.1, -0.05) is 60.7 Å². The second-order valence-electron chi connectivity index (χ2n) is 6.08. The van der Waals surface area contributed by atoms with Gasteiger partial charge in [0.15, 0.2) is 12.6 Å². The van der Waals surface area contributed by atoms with Crippen LogP contribution in [-0.4, -0.2) is 22.8 Å². The molecule has 0 saturated heterocycles. The number of phenols is 2. The lowest BCUT2D eigenvalue weighted by Gasteiger charge is -2.09. The van der Waals surface area contributed by atoms with Crippen molar-refractivity contribution in [3.8, 4) is 23.0 Å². The van der Waals surface area contributed by atoms with Crippen LogP contribution in [0.4, 0.5) is 0 Å². The van der Waals surface area contributed by atoms with Crippen molar-refractivity contribution in [2.75, 3.05) is 0 Å². The summed E-state index contributed by atoms with van der Waals surface area (Å²) in [5.74, 6) is 1.53. The van der Waals surface area contributed by atoms with Crippen molar-refractivity contribution in [3.05, 3.63) is 120 Å². The summed E-state index contributed by atoms with van der Waals surface area (Å²) in [5, 5.41) is 17.3. The van der Waals surface area contributed by atoms with Gasteiger partial charge in [-0.25, -0.2) is 0 Å². The third kappa shape index (κ3) is 8.25. The highest BCUT2D eigenvalue weighted by molar-refractivity contribution is 5.81. The topological polar surface area (TPSA) is 83.8 Å². The van der Waals surface area contributed by atoms with Gasteiger partial charge in [0.05, 0.1) is 11.1 Å². The van der Waals surface area contributed by atoms with Gasteiger partial charge in [0, 0.05) is 0 Å². The minimum absolute atomic E-state index is 0.322. The molecule has 0 unspecified atom stereocenters. The van der Waals surface area contributed by atoms with Crippen LogP contribution in [0.25, 0.3) is 0 Å². The Bertz CT molecular complexity index is 976. The number of carbonyl (C=O) groups is 2. The number of para-hydroxylation sites is 4. The minimum Gasteiger partial charge on any atom is -0.508 e. The van der Waals surface area contributed by atoms with Crippen LogP contribution in [0.5, 0.6) is 23.0 Å². The summed E-state index contributed by atoms with van der Waals surface area (Å²) in [7, 11) is 0. The first-order valence-electron chi connectivity index (χ1n) is 9.38. The van der Waals surface area contributed by atoms with Crippen molar-refractivity contribution < 1.29 is 24.5 Å². The Hall–Kier alpha value is -4.38. The Morgan fingerprint density at radius 2 is 0.806 bits per heavy atom. The number of ether oxygens (including phenoxy) is 1. The number of hydrogen-bond acceptors (Lipinski definition) is 5. The van der Waals surface area contributed by atoms with E-state index in [-0.39, 0.29) is 0 Å². The maximum atomic E-state index is 10.8. The van der Waals surface area contributed by atoms with E-state index in [1.807, 2.05) is 12.1 Å². The maximum Gasteiger partial charge on any atom is 0.153 e. The molecule has 0 aliphatic rings. The predicted molar refractivity (Wildman–Crippen MR) is 120 cm³/mol. The first-order valence-corrected chi connectivity index (χ1v) is 9.38. The van der Waals surface area contributed by atoms with E-state index in [1.54, 1.807) is 97.1 Å². The smallest absolute Gasteiger partial charge is 0.153 e. The van der Waals surface area contributed by atoms with E-state index in [9.17, 15) is 9.59 Å². The fourth-order valence-corrected chi connectivity index (χ4v) is 2.32. The van der Waals surface area contributed by atoms with Gasteiger partial charge in [-0.05, 0) is 48.5 Å². The monoisotopic (exact) mass is 414 g/mol. The van der Waals surface area contributed by atoms with Gasteiger partial charge in [0.2, 0.25) is 0 Å². The van der Waals surface area contributed by atoms with Crippen molar-refractivity contribution in [2.24, 2.45) is 0 Å². The number of aldehydes is 2. The van der Waals surface area contributed by atoms with Crippen molar-refractivity contribution in [1.82, 2.24) is 0 Å². The third-order valence-corrected chi connectivity index (χ3v) is 3.82. The molecule has 2 N–H and O–H groups in total. The molecule has 5 heteroatoms. The number of benzene rings is 4. The Morgan fingerprint density at radius 3 is 1.10 bits per heavy atom. The van der Waals surface area contributed by atoms with Crippen LogP contribution in [0, 0.1) is 0 Å². The first-order chi connectivity index (χ1) is 15.1. The SMILES string of the molecule is O=Cc1ccccc1Oc1ccccc1C=O.Oc1ccccc1.Oc1ccccc1. The highest BCUT2D eigenvalue weighted by Crippen LogP contribution is 2.26. The summed E-state index contributed by atoms with van der Waals surface area (Å²) in [4.78, 5) is 21.6. The summed E-state index contributed by atoms with van der Waals surface area (Å²) in [5.41, 5.74) is 0.904. The Balaban J connectivity index is 0.000000199. The molecule has 0 bridgehead atoms. The summed E-state index contributed by atoms with van der Waals surface area (Å²) in [6, 6.07) is 31.2. The first kappa shape index (κ1) is 22.9. The Kier molecular flexibility index (Phi) is 9.57. The van der Waals surface area contributed by atoms with Crippen LogP contribution in [0.1, 0.15) is 20.7 Å². The molecular formula is C26H22O5. The quantitative estimate of drug-likeness (QED) is 0.407. The van der Waals surface area contributed by atoms with Gasteiger partial charge in [-0.15, -0.1) is 0 Å². The van der Waals surface area contributed by atoms with Crippen LogP contribution in [0.2, 0.25) is 0 Å². The highest BCUT2D eigenvalue weighted by Gasteiger charge is 2.06. The maximum absolute atomic E-state index is 10.8. The molecule has 0 heterocycles. The Morgan fingerprint density at radius 1 is 0.484 bits per heavy atom. The molecule has 0 fully saturated rings. The average molecular weight is 414 g/mol. The van der Waals surface area contributed by atoms with Crippen molar-refractivity contribution >= 4 is 12.6 Å². The number of rotatable bonds is 4. The molecule has 0 atom stereocenters. The second-order valence-corrected chi connectivity index (χ2v) is 6.08. The van der Waals surface area contributed by atoms with Crippen LogP contribution >= 0.6 is 0 Å². The van der Waals surface area contributed by atoms with Crippen molar-refractivity contribution in [2.45, 2.75) is 0 Å². The molecule has 4 aromatic carbocycles. The molecule has 31 heavy (non-hydrogen) atoms. The van der Waals surface area contributed by atoms with Crippen molar-refractivity contribution in [3.63, 3.8) is 0 Å². The van der Waals surface area contributed by atoms with Gasteiger partial charge in [0.1, 0.15) is 23.0 Å². The normalized spacial score (nSPS) is 9.16. The molecule has 4 aromatic rings. The van der Waals surface area contributed by atoms with Gasteiger partial charge in [0.25, 0.3) is 0 Å². The number of hydrogen-bond donors (Lipinski definition) is 2. The average Bonchev–Trinajstić information content (AvgIpc) is 2.82. The summed E-state index contributed by atoms with van der Waals surface area (Å²) in [6.45, 7) is 0. The zero-order valence-electron chi connectivity index (χ0n) is 16.7. The fraction of sp³-hybridized carbons (Fsp3) is 0. The van der Waals surface area contributed by atoms with Gasteiger partial charge < -0.3 is 14.9 Å². The summed E-state index contributed by atoms with van der Waals surface area (Å²) < 4.78 is 5.56. The lowest BCUT2D eigenvalue weighted by molar-refractivity contribution is 0.111. The van der Waals surface area contributed by atoms with Crippen LogP contribution < -0.4 is 4.74 Å². The van der Waals surface area contributed by atoms with E-state index in [0.717, 1.165) is 12.6 Å². The zero-order valence-corrected chi connectivity index (χ0v) is 16.7. The molecule has 0 spiro atoms. The molecule has 0 aliphatic heterocycles. The molecule has 0 aliphatic carbocycles. The predicted octanol–water partition coefficient (Wildman–Crippen LogP) is 5.89. The molecule has 0 saturated carbocycles. The minimum atomic E-state index is 0.322. The molecule has 0 amide bonds. The van der Waals surface area contributed by atoms with E-state index in [1.165, 1.54) is 0 Å². The molecular weight excluding hydrogens is 392 g/mol. The van der Waals surface area contributed by atoms with Crippen LogP contribution in [0.3, 0.4) is 0 Å². The lowest BCUT2D eigenvalue weighted by atomic mass is 10.2. The number of phenolic OH excluding ortho intramolecular Hbond substituents is 2. The van der Waals surface area contributed by atoms with E-state index in [4.69, 9.17) is 14.9 Å². The van der Waals surface area contributed by atoms with E-state index in [0.29, 0.717) is 34.1 Å². The van der Waals surface area contributed by atoms with Gasteiger partial charge in [-0.3, -0.25) is 9.59 Å². The van der Waals surface area contributed by atoms with Gasteiger partial charge in [-0.2, -0.15) is 0 Å². The summed E-state index contributed by atoms with van der Waals surface area (Å²) >= 11 is 0. The molecule has 5 nitrogen and oxygen atoms in total. The summed E-state index contributed by atoms with van der Waals surface area (Å²) in [6.07, 6.45) is 1.44. The van der Waals surface area contributed by atoms with Crippen LogP contribution in [-0.2, 0) is 0 Å². The largest absolute Gasteiger partial charge is 0.508 e. The standard InChI is InChI=1S/C14H10O3.2C6H6O/c15-9-11-5-1-3-7-13(11)17-14-8-4-2-6-12(14)10-16;2*7-6-4-2-1-3-5-6/h1-10H;2*1-5,7H. The molecule has 0 radical (unpaired) electrons. The molecule has 156 valence electrons. The van der Waals surface area contributed by atoms with E-state index < -0.39 is 0 Å². The molecule has 4 rings (SSSR count). The van der Waals surface area contributed by atoms with Crippen molar-refractivity contribution in [1.29, 1.82) is 0 Å². The van der Waals surface area contributed by atoms with Crippen LogP contribution in [0.15, 0.2) is 109 Å². The molecule has 0 aromatic heterocycles. The lowest BCUT2D eigenvalue weighted by Crippen LogP contribution is -1.93. The number of aromatic hydroxyl groups is 2. The number of carbonyl (C=O) groups excluding carboxylic acids is 2. The third-order valence-electron chi connectivity index (χ3n) is 3.82. The van der Waals surface area contributed by atoms with E-state index in [2.05, 4.69) is 0 Å². The second kappa shape index (κ2) is 13.0. The van der Waals surface area contributed by atoms with Gasteiger partial charge >= 0.3 is 0 Å². The fourth-order valence-electron chi connectivity index (χ4n) is 2.32.